The van der Waals surface area contributed by atoms with Gasteiger partial charge in [0, 0.05) is 6.42 Å². The van der Waals surface area contributed by atoms with E-state index in [9.17, 15) is 0 Å². The standard InChI is InChI=1S/C3H9NOSi/c1-2-3(4)5-6/h4H,2H2,1,6H3. The van der Waals surface area contributed by atoms with E-state index in [1.54, 1.807) is 0 Å². The van der Waals surface area contributed by atoms with Crippen molar-refractivity contribution in [3.63, 3.8) is 0 Å². The third kappa shape index (κ3) is 1.96. The third-order valence-corrected chi connectivity index (χ3v) is 1.06. The molecule has 0 rings (SSSR count). The molecule has 0 aliphatic heterocycles. The first-order chi connectivity index (χ1) is 2.81. The molecular weight excluding hydrogens is 94.1 g/mol. The predicted octanol–water partition coefficient (Wildman–Crippen LogP) is -0.329. The fourth-order valence-electron chi connectivity index (χ4n) is 0.144. The molecule has 0 saturated heterocycles. The molecule has 0 unspecified atom stereocenters. The van der Waals surface area contributed by atoms with Gasteiger partial charge in [-0.15, -0.1) is 0 Å². The van der Waals surface area contributed by atoms with Crippen molar-refractivity contribution in [2.75, 3.05) is 0 Å². The highest BCUT2D eigenvalue weighted by Crippen LogP contribution is 1.76. The van der Waals surface area contributed by atoms with E-state index in [1.807, 2.05) is 6.92 Å². The zero-order valence-electron chi connectivity index (χ0n) is 4.12. The van der Waals surface area contributed by atoms with Crippen molar-refractivity contribution in [1.82, 2.24) is 0 Å². The SMILES string of the molecule is CCC(=N)O[SiH3]. The Morgan fingerprint density at radius 3 is 2.50 bits per heavy atom. The van der Waals surface area contributed by atoms with Crippen molar-refractivity contribution < 1.29 is 4.43 Å². The van der Waals surface area contributed by atoms with Gasteiger partial charge < -0.3 is 4.43 Å². The largest absolute Gasteiger partial charge is 0.544 e. The molecular formula is C3H9NOSi. The van der Waals surface area contributed by atoms with Gasteiger partial charge in [0.15, 0.2) is 5.90 Å². The summed E-state index contributed by atoms with van der Waals surface area (Å²) in [5.74, 6) is 0.404. The number of hydrogen-bond acceptors (Lipinski definition) is 2. The second kappa shape index (κ2) is 2.90. The summed E-state index contributed by atoms with van der Waals surface area (Å²) in [6.45, 7) is 1.90. The van der Waals surface area contributed by atoms with Crippen LogP contribution in [0.5, 0.6) is 0 Å². The lowest BCUT2D eigenvalue weighted by Gasteiger charge is -1.93. The Bertz CT molecular complexity index is 48.8. The molecule has 0 aromatic rings. The second-order valence-electron chi connectivity index (χ2n) is 0.981. The van der Waals surface area contributed by atoms with E-state index >= 15 is 0 Å². The van der Waals surface area contributed by atoms with Gasteiger partial charge in [-0.1, -0.05) is 6.92 Å². The van der Waals surface area contributed by atoms with Crippen LogP contribution in [0, 0.1) is 5.41 Å². The molecule has 0 radical (unpaired) electrons. The molecule has 6 heavy (non-hydrogen) atoms. The van der Waals surface area contributed by atoms with Crippen LogP contribution in [0.2, 0.25) is 0 Å². The predicted molar refractivity (Wildman–Crippen MR) is 29.0 cm³/mol. The molecule has 0 spiro atoms. The van der Waals surface area contributed by atoms with Gasteiger partial charge in [0.1, 0.15) is 0 Å². The smallest absolute Gasteiger partial charge is 0.205 e. The minimum atomic E-state index is 0.404. The lowest BCUT2D eigenvalue weighted by molar-refractivity contribution is 0.587. The van der Waals surface area contributed by atoms with E-state index in [0.717, 1.165) is 6.42 Å². The maximum absolute atomic E-state index is 6.80. The van der Waals surface area contributed by atoms with Gasteiger partial charge in [-0.25, -0.2) is 0 Å². The van der Waals surface area contributed by atoms with Crippen molar-refractivity contribution in [3.05, 3.63) is 0 Å². The zero-order chi connectivity index (χ0) is 4.99. The van der Waals surface area contributed by atoms with Gasteiger partial charge in [-0.3, -0.25) is 5.41 Å². The van der Waals surface area contributed by atoms with Crippen LogP contribution in [0.25, 0.3) is 0 Å². The number of nitrogens with one attached hydrogen (secondary N) is 1. The van der Waals surface area contributed by atoms with Gasteiger partial charge >= 0.3 is 0 Å². The molecule has 2 nitrogen and oxygen atoms in total. The van der Waals surface area contributed by atoms with Crippen LogP contribution in [0.3, 0.4) is 0 Å². The summed E-state index contributed by atoms with van der Waals surface area (Å²) in [5.41, 5.74) is 0. The number of hydrogen-bond donors (Lipinski definition) is 1. The zero-order valence-corrected chi connectivity index (χ0v) is 6.12. The van der Waals surface area contributed by atoms with Crippen LogP contribution in [0.1, 0.15) is 13.3 Å². The molecule has 36 valence electrons. The van der Waals surface area contributed by atoms with E-state index in [4.69, 9.17) is 5.41 Å². The molecule has 0 aromatic carbocycles. The van der Waals surface area contributed by atoms with Gasteiger partial charge in [0.2, 0.25) is 10.5 Å². The van der Waals surface area contributed by atoms with Crippen molar-refractivity contribution in [2.45, 2.75) is 13.3 Å². The topological polar surface area (TPSA) is 33.1 Å². The highest BCUT2D eigenvalue weighted by molar-refractivity contribution is 6.05. The summed E-state index contributed by atoms with van der Waals surface area (Å²) in [6.07, 6.45) is 0.726. The maximum Gasteiger partial charge on any atom is 0.205 e. The first-order valence-electron chi connectivity index (χ1n) is 1.92. The molecule has 0 aliphatic carbocycles. The second-order valence-corrected chi connectivity index (χ2v) is 1.39. The Hall–Kier alpha value is -0.313. The molecule has 0 bridgehead atoms. The Kier molecular flexibility index (Phi) is 2.75. The molecule has 0 heterocycles. The van der Waals surface area contributed by atoms with Gasteiger partial charge in [-0.05, 0) is 0 Å². The van der Waals surface area contributed by atoms with Crippen molar-refractivity contribution in [3.8, 4) is 0 Å². The highest BCUT2D eigenvalue weighted by atomic mass is 28.2. The summed E-state index contributed by atoms with van der Waals surface area (Å²) < 4.78 is 4.62. The van der Waals surface area contributed by atoms with E-state index < -0.39 is 0 Å². The summed E-state index contributed by atoms with van der Waals surface area (Å²) in [5, 5.41) is 6.80. The van der Waals surface area contributed by atoms with Crippen LogP contribution in [-0.4, -0.2) is 16.4 Å². The quantitative estimate of drug-likeness (QED) is 0.275. The Morgan fingerprint density at radius 2 is 2.50 bits per heavy atom. The molecule has 0 atom stereocenters. The van der Waals surface area contributed by atoms with Gasteiger partial charge in [0.25, 0.3) is 0 Å². The van der Waals surface area contributed by atoms with E-state index in [1.165, 1.54) is 0 Å². The maximum atomic E-state index is 6.80. The lowest BCUT2D eigenvalue weighted by Crippen LogP contribution is -1.95. The molecule has 0 amide bonds. The Morgan fingerprint density at radius 1 is 2.00 bits per heavy atom. The summed E-state index contributed by atoms with van der Waals surface area (Å²) in [7, 11) is 0.658. The van der Waals surface area contributed by atoms with Crippen molar-refractivity contribution >= 4 is 16.4 Å². The molecule has 0 aromatic heterocycles. The molecule has 3 heteroatoms. The van der Waals surface area contributed by atoms with E-state index in [2.05, 4.69) is 4.43 Å². The van der Waals surface area contributed by atoms with E-state index in [0.29, 0.717) is 16.4 Å². The van der Waals surface area contributed by atoms with Crippen LogP contribution in [-0.2, 0) is 4.43 Å². The highest BCUT2D eigenvalue weighted by Gasteiger charge is 1.80. The van der Waals surface area contributed by atoms with Crippen LogP contribution in [0.15, 0.2) is 0 Å². The fraction of sp³-hybridized carbons (Fsp3) is 0.667. The van der Waals surface area contributed by atoms with Crippen LogP contribution < -0.4 is 0 Å². The van der Waals surface area contributed by atoms with Gasteiger partial charge in [0.05, 0.1) is 0 Å². The number of rotatable bonds is 1. The summed E-state index contributed by atoms with van der Waals surface area (Å²) in [4.78, 5) is 0. The molecule has 0 fully saturated rings. The first-order valence-corrected chi connectivity index (χ1v) is 2.74. The molecule has 0 aliphatic rings. The summed E-state index contributed by atoms with van der Waals surface area (Å²) >= 11 is 0. The first kappa shape index (κ1) is 5.69. The van der Waals surface area contributed by atoms with Crippen molar-refractivity contribution in [2.24, 2.45) is 0 Å². The van der Waals surface area contributed by atoms with Crippen molar-refractivity contribution in [1.29, 1.82) is 5.41 Å². The Balaban J connectivity index is 2.99. The van der Waals surface area contributed by atoms with E-state index in [-0.39, 0.29) is 0 Å². The minimum absolute atomic E-state index is 0.404. The molecule has 0 saturated carbocycles. The lowest BCUT2D eigenvalue weighted by atomic mass is 10.5. The van der Waals surface area contributed by atoms with Gasteiger partial charge in [-0.2, -0.15) is 0 Å². The van der Waals surface area contributed by atoms with Crippen LogP contribution in [0.4, 0.5) is 0 Å². The normalized spacial score (nSPS) is 8.17. The third-order valence-electron chi connectivity index (χ3n) is 0.568. The Labute approximate surface area is 40.6 Å². The van der Waals surface area contributed by atoms with Crippen LogP contribution >= 0.6 is 0 Å². The summed E-state index contributed by atoms with van der Waals surface area (Å²) in [6, 6.07) is 0. The average Bonchev–Trinajstić information content (AvgIpc) is 1.65. The average molecular weight is 103 g/mol. The fourth-order valence-corrected chi connectivity index (χ4v) is 0.433. The monoisotopic (exact) mass is 103 g/mol. The molecule has 1 N–H and O–H groups in total. The minimum Gasteiger partial charge on any atom is -0.544 e.